The Morgan fingerprint density at radius 3 is 2.13 bits per heavy atom. The second kappa shape index (κ2) is 11.2. The fraction of sp³-hybridized carbons (Fsp3) is 0.0667. The minimum absolute atomic E-state index is 0.0671. The summed E-state index contributed by atoms with van der Waals surface area (Å²) in [4.78, 5) is 24.0. The number of methoxy groups -OCH3 is 1. The van der Waals surface area contributed by atoms with Gasteiger partial charge in [-0.3, -0.25) is 9.59 Å². The quantitative estimate of drug-likeness (QED) is 0.230. The van der Waals surface area contributed by atoms with Crippen molar-refractivity contribution >= 4 is 16.8 Å². The van der Waals surface area contributed by atoms with Crippen molar-refractivity contribution in [1.29, 1.82) is 0 Å². The molecule has 0 atom stereocenters. The highest BCUT2D eigenvalue weighted by Gasteiger charge is 2.13. The highest BCUT2D eigenvalue weighted by molar-refractivity contribution is 6.00. The van der Waals surface area contributed by atoms with Gasteiger partial charge in [0.2, 0.25) is 0 Å². The first-order valence-corrected chi connectivity index (χ1v) is 11.5. The molecule has 0 radical (unpaired) electrons. The van der Waals surface area contributed by atoms with Gasteiger partial charge in [0.1, 0.15) is 45.5 Å². The molecule has 5 rings (SSSR count). The average molecular weight is 513 g/mol. The summed E-state index contributed by atoms with van der Waals surface area (Å²) in [5.41, 5.74) is 1.60. The Bertz CT molecular complexity index is 1640. The molecule has 4 aromatic carbocycles. The Kier molecular flexibility index (Phi) is 7.63. The van der Waals surface area contributed by atoms with E-state index in [-0.39, 0.29) is 57.2 Å². The molecule has 8 nitrogen and oxygen atoms in total. The van der Waals surface area contributed by atoms with E-state index in [1.807, 2.05) is 30.3 Å². The molecule has 192 valence electrons. The van der Waals surface area contributed by atoms with Gasteiger partial charge in [-0.2, -0.15) is 0 Å². The van der Waals surface area contributed by atoms with Crippen molar-refractivity contribution in [3.8, 4) is 40.1 Å². The minimum atomic E-state index is -0.349. The lowest BCUT2D eigenvalue weighted by atomic mass is 10.0. The number of hydrogen-bond acceptors (Lipinski definition) is 8. The van der Waals surface area contributed by atoms with E-state index in [0.717, 1.165) is 29.0 Å². The summed E-state index contributed by atoms with van der Waals surface area (Å²) in [6.45, 7) is 0. The zero-order valence-electron chi connectivity index (χ0n) is 20.3. The third-order valence-corrected chi connectivity index (χ3v) is 5.66. The summed E-state index contributed by atoms with van der Waals surface area (Å²) >= 11 is 0. The highest BCUT2D eigenvalue weighted by atomic mass is 16.5. The predicted octanol–water partition coefficient (Wildman–Crippen LogP) is 5.40. The van der Waals surface area contributed by atoms with Crippen molar-refractivity contribution < 1.29 is 34.4 Å². The number of ketones is 1. The van der Waals surface area contributed by atoms with Crippen molar-refractivity contribution in [2.24, 2.45) is 0 Å². The molecule has 4 N–H and O–H groups in total. The molecule has 1 aromatic heterocycles. The van der Waals surface area contributed by atoms with E-state index < -0.39 is 0 Å². The van der Waals surface area contributed by atoms with Crippen molar-refractivity contribution in [1.82, 2.24) is 0 Å². The van der Waals surface area contributed by atoms with E-state index in [1.54, 1.807) is 31.4 Å². The molecule has 0 saturated heterocycles. The minimum Gasteiger partial charge on any atom is -0.508 e. The molecular weight excluding hydrogens is 488 g/mol. The lowest BCUT2D eigenvalue weighted by Gasteiger charge is -2.05. The molecule has 0 aliphatic carbocycles. The molecule has 0 bridgehead atoms. The van der Waals surface area contributed by atoms with Crippen LogP contribution in [-0.4, -0.2) is 33.3 Å². The average Bonchev–Trinajstić information content (AvgIpc) is 2.89. The standard InChI is InChI=1S/C15H10O4.C15H14O4/c16-10-6-11(17)15-12(18)8-13(19-14(15)7-10)9-4-2-1-3-5-9;1-19-12-5-2-10(3-6-12)8-14(17)13-7-4-11(16)9-15(13)18/h1-8,16-17H;2-7,9,16,18H,8H2,1H3. The first-order valence-electron chi connectivity index (χ1n) is 11.5. The van der Waals surface area contributed by atoms with E-state index in [2.05, 4.69) is 0 Å². The topological polar surface area (TPSA) is 137 Å². The molecule has 0 unspecified atom stereocenters. The van der Waals surface area contributed by atoms with E-state index in [9.17, 15) is 30.0 Å². The molecule has 5 aromatic rings. The van der Waals surface area contributed by atoms with E-state index in [1.165, 1.54) is 24.3 Å². The zero-order valence-corrected chi connectivity index (χ0v) is 20.3. The van der Waals surface area contributed by atoms with Gasteiger partial charge in [0.15, 0.2) is 11.2 Å². The van der Waals surface area contributed by atoms with Gasteiger partial charge in [0, 0.05) is 36.2 Å². The molecule has 38 heavy (non-hydrogen) atoms. The van der Waals surface area contributed by atoms with E-state index in [4.69, 9.17) is 9.15 Å². The van der Waals surface area contributed by atoms with Gasteiger partial charge >= 0.3 is 0 Å². The summed E-state index contributed by atoms with van der Waals surface area (Å²) in [7, 11) is 1.58. The van der Waals surface area contributed by atoms with Crippen LogP contribution < -0.4 is 10.2 Å². The monoisotopic (exact) mass is 512 g/mol. The van der Waals surface area contributed by atoms with Crippen LogP contribution >= 0.6 is 0 Å². The number of phenols is 4. The third kappa shape index (κ3) is 5.93. The number of carbonyl (C=O) groups is 1. The molecular formula is C30H24O8. The van der Waals surface area contributed by atoms with Crippen LogP contribution in [0, 0.1) is 0 Å². The van der Waals surface area contributed by atoms with E-state index >= 15 is 0 Å². The molecule has 8 heteroatoms. The third-order valence-electron chi connectivity index (χ3n) is 5.66. The Morgan fingerprint density at radius 1 is 0.789 bits per heavy atom. The summed E-state index contributed by atoms with van der Waals surface area (Å²) < 4.78 is 10.6. The maximum Gasteiger partial charge on any atom is 0.197 e. The van der Waals surface area contributed by atoms with Crippen molar-refractivity contribution in [3.63, 3.8) is 0 Å². The van der Waals surface area contributed by atoms with Gasteiger partial charge in [-0.1, -0.05) is 42.5 Å². The number of hydrogen-bond donors (Lipinski definition) is 4. The number of fused-ring (bicyclic) bond motifs is 1. The lowest BCUT2D eigenvalue weighted by molar-refractivity contribution is 0.0990. The van der Waals surface area contributed by atoms with Gasteiger partial charge in [-0.05, 0) is 29.8 Å². The number of phenolic OH excluding ortho intramolecular Hbond substituents is 4. The molecule has 0 aliphatic heterocycles. The van der Waals surface area contributed by atoms with Gasteiger partial charge < -0.3 is 29.6 Å². The largest absolute Gasteiger partial charge is 0.508 e. The lowest BCUT2D eigenvalue weighted by Crippen LogP contribution is -2.03. The Morgan fingerprint density at radius 2 is 1.47 bits per heavy atom. The van der Waals surface area contributed by atoms with Crippen LogP contribution in [0.2, 0.25) is 0 Å². The van der Waals surface area contributed by atoms with Crippen LogP contribution in [0.25, 0.3) is 22.3 Å². The Hall–Kier alpha value is -5.24. The summed E-state index contributed by atoms with van der Waals surface area (Å²) in [6.07, 6.45) is 0.183. The van der Waals surface area contributed by atoms with E-state index in [0.29, 0.717) is 5.76 Å². The first-order chi connectivity index (χ1) is 18.2. The van der Waals surface area contributed by atoms with Crippen LogP contribution in [0.5, 0.6) is 28.7 Å². The summed E-state index contributed by atoms with van der Waals surface area (Å²) in [5, 5.41) is 38.0. The number of carbonyl (C=O) groups excluding carboxylic acids is 1. The van der Waals surface area contributed by atoms with Gasteiger partial charge in [0.05, 0.1) is 12.7 Å². The maximum absolute atomic E-state index is 12.0. The maximum atomic E-state index is 12.0. The number of aromatic hydroxyl groups is 4. The fourth-order valence-corrected chi connectivity index (χ4v) is 3.78. The number of benzene rings is 4. The molecule has 1 heterocycles. The predicted molar refractivity (Wildman–Crippen MR) is 142 cm³/mol. The molecule has 0 aliphatic rings. The van der Waals surface area contributed by atoms with Crippen LogP contribution in [0.4, 0.5) is 0 Å². The smallest absolute Gasteiger partial charge is 0.197 e. The molecule has 0 spiro atoms. The Labute approximate surface area is 217 Å². The zero-order chi connectivity index (χ0) is 27.2. The molecule has 0 saturated carbocycles. The first kappa shape index (κ1) is 25.8. The second-order valence-electron chi connectivity index (χ2n) is 8.33. The van der Waals surface area contributed by atoms with Crippen molar-refractivity contribution in [2.75, 3.05) is 7.11 Å². The number of Topliss-reactive ketones (excluding diaryl/α,β-unsaturated/α-hetero) is 1. The van der Waals surface area contributed by atoms with Gasteiger partial charge in [-0.15, -0.1) is 0 Å². The summed E-state index contributed by atoms with van der Waals surface area (Å²) in [6, 6.07) is 24.0. The van der Waals surface area contributed by atoms with Gasteiger partial charge in [0.25, 0.3) is 0 Å². The highest BCUT2D eigenvalue weighted by Crippen LogP contribution is 2.30. The van der Waals surface area contributed by atoms with Crippen molar-refractivity contribution in [2.45, 2.75) is 6.42 Å². The SMILES string of the molecule is COc1ccc(CC(=O)c2ccc(O)cc2O)cc1.O=c1cc(-c2ccccc2)oc2cc(O)cc(O)c12. The van der Waals surface area contributed by atoms with Gasteiger partial charge in [-0.25, -0.2) is 0 Å². The van der Waals surface area contributed by atoms with Crippen molar-refractivity contribution in [3.05, 3.63) is 112 Å². The van der Waals surface area contributed by atoms with Crippen LogP contribution in [0.3, 0.4) is 0 Å². The van der Waals surface area contributed by atoms with Crippen LogP contribution in [0.1, 0.15) is 15.9 Å². The molecule has 0 amide bonds. The fourth-order valence-electron chi connectivity index (χ4n) is 3.78. The second-order valence-corrected chi connectivity index (χ2v) is 8.33. The number of rotatable bonds is 5. The summed E-state index contributed by atoms with van der Waals surface area (Å²) in [5.74, 6) is 0.188. The molecule has 0 fully saturated rings. The van der Waals surface area contributed by atoms with Crippen LogP contribution in [0.15, 0.2) is 100 Å². The normalized spacial score (nSPS) is 10.4. The van der Waals surface area contributed by atoms with Crippen LogP contribution in [-0.2, 0) is 6.42 Å². The number of ether oxygens (including phenoxy) is 1. The Balaban J connectivity index is 0.000000177.